The standard InChI is InChI=1S/C20H23N3O2/c1-2-23-10-9-15-5-7-17(11-18(15)23)22-20(24)16-6-8-19(21-12-16)25-13-14-3-4-14/h5-8,11-12,14H,2-4,9-10,13H2,1H3,(H,22,24). The molecule has 2 aliphatic rings. The number of benzene rings is 1. The number of fused-ring (bicyclic) bond motifs is 1. The first-order chi connectivity index (χ1) is 12.2. The molecule has 1 aliphatic carbocycles. The Labute approximate surface area is 148 Å². The summed E-state index contributed by atoms with van der Waals surface area (Å²) >= 11 is 0. The molecule has 1 amide bonds. The van der Waals surface area contributed by atoms with Gasteiger partial charge in [-0.15, -0.1) is 0 Å². The van der Waals surface area contributed by atoms with Crippen molar-refractivity contribution < 1.29 is 9.53 Å². The Morgan fingerprint density at radius 1 is 1.32 bits per heavy atom. The number of nitrogens with one attached hydrogen (secondary N) is 1. The number of aromatic nitrogens is 1. The fourth-order valence-electron chi connectivity index (χ4n) is 3.14. The monoisotopic (exact) mass is 337 g/mol. The molecule has 0 unspecified atom stereocenters. The Morgan fingerprint density at radius 2 is 2.20 bits per heavy atom. The van der Waals surface area contributed by atoms with Crippen LogP contribution >= 0.6 is 0 Å². The summed E-state index contributed by atoms with van der Waals surface area (Å²) in [5.41, 5.74) is 3.92. The smallest absolute Gasteiger partial charge is 0.257 e. The van der Waals surface area contributed by atoms with Crippen LogP contribution in [0.3, 0.4) is 0 Å². The van der Waals surface area contributed by atoms with Gasteiger partial charge in [0.25, 0.3) is 5.91 Å². The van der Waals surface area contributed by atoms with Gasteiger partial charge in [-0.3, -0.25) is 4.79 Å². The molecular formula is C20H23N3O2. The number of nitrogens with zero attached hydrogens (tertiary/aromatic N) is 2. The quantitative estimate of drug-likeness (QED) is 0.876. The van der Waals surface area contributed by atoms with E-state index in [9.17, 15) is 4.79 Å². The number of likely N-dealkylation sites (N-methyl/N-ethyl adjacent to an activating group) is 1. The van der Waals surface area contributed by atoms with Crippen LogP contribution in [0.5, 0.6) is 5.88 Å². The van der Waals surface area contributed by atoms with Crippen LogP contribution in [0.1, 0.15) is 35.7 Å². The number of amides is 1. The number of hydrogen-bond donors (Lipinski definition) is 1. The molecule has 130 valence electrons. The summed E-state index contributed by atoms with van der Waals surface area (Å²) < 4.78 is 5.61. The molecule has 1 saturated carbocycles. The molecule has 0 radical (unpaired) electrons. The van der Waals surface area contributed by atoms with E-state index >= 15 is 0 Å². The maximum Gasteiger partial charge on any atom is 0.257 e. The third-order valence-electron chi connectivity index (χ3n) is 4.88. The number of rotatable bonds is 6. The van der Waals surface area contributed by atoms with Crippen molar-refractivity contribution in [3.8, 4) is 5.88 Å². The van der Waals surface area contributed by atoms with E-state index in [1.807, 2.05) is 6.07 Å². The Morgan fingerprint density at radius 3 is 2.92 bits per heavy atom. The minimum atomic E-state index is -0.151. The summed E-state index contributed by atoms with van der Waals surface area (Å²) in [7, 11) is 0. The molecule has 2 heterocycles. The number of anilines is 2. The van der Waals surface area contributed by atoms with Crippen LogP contribution in [0.4, 0.5) is 11.4 Å². The minimum Gasteiger partial charge on any atom is -0.477 e. The number of ether oxygens (including phenoxy) is 1. The summed E-state index contributed by atoms with van der Waals surface area (Å²) in [6.45, 7) is 4.91. The van der Waals surface area contributed by atoms with Gasteiger partial charge in [0.05, 0.1) is 12.2 Å². The lowest BCUT2D eigenvalue weighted by Crippen LogP contribution is -2.19. The highest BCUT2D eigenvalue weighted by Crippen LogP contribution is 2.31. The number of carbonyl (C=O) groups excluding carboxylic acids is 1. The zero-order valence-electron chi connectivity index (χ0n) is 14.5. The average Bonchev–Trinajstić information content (AvgIpc) is 3.38. The maximum atomic E-state index is 12.4. The minimum absolute atomic E-state index is 0.151. The summed E-state index contributed by atoms with van der Waals surface area (Å²) in [6.07, 6.45) is 5.14. The number of pyridine rings is 1. The maximum absolute atomic E-state index is 12.4. The van der Waals surface area contributed by atoms with Crippen LogP contribution in [0.25, 0.3) is 0 Å². The highest BCUT2D eigenvalue weighted by Gasteiger charge is 2.22. The van der Waals surface area contributed by atoms with Gasteiger partial charge in [0.1, 0.15) is 0 Å². The predicted octanol–water partition coefficient (Wildman–Crippen LogP) is 3.51. The van der Waals surface area contributed by atoms with Gasteiger partial charge >= 0.3 is 0 Å². The molecular weight excluding hydrogens is 314 g/mol. The van der Waals surface area contributed by atoms with Crippen LogP contribution in [0, 0.1) is 5.92 Å². The molecule has 1 aromatic carbocycles. The van der Waals surface area contributed by atoms with Crippen LogP contribution in [-0.4, -0.2) is 30.6 Å². The molecule has 5 heteroatoms. The molecule has 0 saturated heterocycles. The lowest BCUT2D eigenvalue weighted by molar-refractivity contribution is 0.102. The first kappa shape index (κ1) is 15.9. The van der Waals surface area contributed by atoms with E-state index in [0.29, 0.717) is 17.4 Å². The summed E-state index contributed by atoms with van der Waals surface area (Å²) in [6, 6.07) is 9.66. The van der Waals surface area contributed by atoms with Crippen molar-refractivity contribution in [1.29, 1.82) is 0 Å². The van der Waals surface area contributed by atoms with Crippen molar-refractivity contribution in [3.63, 3.8) is 0 Å². The molecule has 0 spiro atoms. The van der Waals surface area contributed by atoms with Crippen molar-refractivity contribution in [2.75, 3.05) is 29.9 Å². The second-order valence-electron chi connectivity index (χ2n) is 6.77. The van der Waals surface area contributed by atoms with Gasteiger partial charge in [-0.2, -0.15) is 0 Å². The second-order valence-corrected chi connectivity index (χ2v) is 6.77. The Hall–Kier alpha value is -2.56. The molecule has 1 fully saturated rings. The van der Waals surface area contributed by atoms with Crippen LogP contribution in [0.2, 0.25) is 0 Å². The Balaban J connectivity index is 1.41. The van der Waals surface area contributed by atoms with Gasteiger partial charge < -0.3 is 15.0 Å². The normalized spacial score (nSPS) is 15.8. The number of carbonyl (C=O) groups is 1. The first-order valence-corrected chi connectivity index (χ1v) is 9.01. The highest BCUT2D eigenvalue weighted by molar-refractivity contribution is 6.04. The fraction of sp³-hybridized carbons (Fsp3) is 0.400. The Bertz CT molecular complexity index is 769. The van der Waals surface area contributed by atoms with E-state index in [0.717, 1.165) is 31.8 Å². The zero-order chi connectivity index (χ0) is 17.2. The van der Waals surface area contributed by atoms with Crippen LogP contribution in [0.15, 0.2) is 36.5 Å². The van der Waals surface area contributed by atoms with E-state index in [1.165, 1.54) is 24.1 Å². The van der Waals surface area contributed by atoms with E-state index in [-0.39, 0.29) is 5.91 Å². The van der Waals surface area contributed by atoms with E-state index in [4.69, 9.17) is 4.74 Å². The van der Waals surface area contributed by atoms with Crippen molar-refractivity contribution in [2.24, 2.45) is 5.92 Å². The van der Waals surface area contributed by atoms with Gasteiger partial charge in [-0.25, -0.2) is 4.98 Å². The van der Waals surface area contributed by atoms with Gasteiger partial charge in [0.15, 0.2) is 0 Å². The summed E-state index contributed by atoms with van der Waals surface area (Å²) in [5.74, 6) is 1.12. The molecule has 5 nitrogen and oxygen atoms in total. The van der Waals surface area contributed by atoms with Gasteiger partial charge in [0, 0.05) is 36.7 Å². The molecule has 0 bridgehead atoms. The molecule has 4 rings (SSSR count). The summed E-state index contributed by atoms with van der Waals surface area (Å²) in [4.78, 5) is 19.0. The second kappa shape index (κ2) is 6.75. The molecule has 1 aliphatic heterocycles. The topological polar surface area (TPSA) is 54.5 Å². The fourth-order valence-corrected chi connectivity index (χ4v) is 3.14. The van der Waals surface area contributed by atoms with Crippen LogP contribution < -0.4 is 15.0 Å². The van der Waals surface area contributed by atoms with Crippen LogP contribution in [-0.2, 0) is 6.42 Å². The van der Waals surface area contributed by atoms with Crippen molar-refractivity contribution in [2.45, 2.75) is 26.2 Å². The van der Waals surface area contributed by atoms with Crippen molar-refractivity contribution in [3.05, 3.63) is 47.7 Å². The highest BCUT2D eigenvalue weighted by atomic mass is 16.5. The molecule has 0 atom stereocenters. The largest absolute Gasteiger partial charge is 0.477 e. The average molecular weight is 337 g/mol. The van der Waals surface area contributed by atoms with Gasteiger partial charge in [-0.1, -0.05) is 6.07 Å². The van der Waals surface area contributed by atoms with E-state index < -0.39 is 0 Å². The molecule has 1 N–H and O–H groups in total. The number of hydrogen-bond acceptors (Lipinski definition) is 4. The third kappa shape index (κ3) is 3.60. The zero-order valence-corrected chi connectivity index (χ0v) is 14.5. The van der Waals surface area contributed by atoms with Crippen molar-refractivity contribution >= 4 is 17.3 Å². The molecule has 1 aromatic heterocycles. The third-order valence-corrected chi connectivity index (χ3v) is 4.88. The lowest BCUT2D eigenvalue weighted by atomic mass is 10.1. The predicted molar refractivity (Wildman–Crippen MR) is 98.4 cm³/mol. The lowest BCUT2D eigenvalue weighted by Gasteiger charge is -2.17. The van der Waals surface area contributed by atoms with E-state index in [1.54, 1.807) is 18.3 Å². The molecule has 2 aromatic rings. The Kier molecular flexibility index (Phi) is 4.30. The first-order valence-electron chi connectivity index (χ1n) is 9.01. The molecule has 25 heavy (non-hydrogen) atoms. The summed E-state index contributed by atoms with van der Waals surface area (Å²) in [5, 5.41) is 2.97. The SMILES string of the molecule is CCN1CCc2ccc(NC(=O)c3ccc(OCC4CC4)nc3)cc21. The van der Waals surface area contributed by atoms with Gasteiger partial charge in [-0.05, 0) is 55.9 Å². The van der Waals surface area contributed by atoms with Gasteiger partial charge in [0.2, 0.25) is 5.88 Å². The van der Waals surface area contributed by atoms with Crippen molar-refractivity contribution in [1.82, 2.24) is 4.98 Å². The van der Waals surface area contributed by atoms with E-state index in [2.05, 4.69) is 34.3 Å².